The molecule has 57 heavy (non-hydrogen) atoms. The van der Waals surface area contributed by atoms with Crippen LogP contribution in [0.4, 0.5) is 0 Å². The smallest absolute Gasteiger partial charge is 0.164 e. The minimum atomic E-state index is 0.567. The summed E-state index contributed by atoms with van der Waals surface area (Å²) in [5.74, 6) is 1.77. The summed E-state index contributed by atoms with van der Waals surface area (Å²) in [4.78, 5) is 25.5. The molecular weight excluding hydrogens is 699 g/mol. The number of fused-ring (bicyclic) bond motifs is 6. The van der Waals surface area contributed by atoms with Crippen molar-refractivity contribution in [3.05, 3.63) is 188 Å². The molecule has 0 saturated carbocycles. The normalized spacial score (nSPS) is 11.5. The molecule has 0 aliphatic heterocycles. The number of pyridine rings is 2. The number of nitrogens with zero attached hydrogens (tertiary/aromatic N) is 5. The first-order valence-electron chi connectivity index (χ1n) is 18.9. The SMILES string of the molecule is c1ccc(-c2nc(-c3ccccc3)nc(-c3cc(-c4ccc5oc6ccccc6c5c4)cc(-c4cc(-c5ccccc5)c5ccc6cccnc6c5n4)c3)n2)cc1. The highest BCUT2D eigenvalue weighted by atomic mass is 16.3. The number of para-hydroxylation sites is 1. The molecule has 0 N–H and O–H groups in total. The summed E-state index contributed by atoms with van der Waals surface area (Å²) in [6.45, 7) is 0. The van der Waals surface area contributed by atoms with Gasteiger partial charge >= 0.3 is 0 Å². The summed E-state index contributed by atoms with van der Waals surface area (Å²) in [6.07, 6.45) is 1.84. The molecule has 6 nitrogen and oxygen atoms in total. The number of furan rings is 1. The highest BCUT2D eigenvalue weighted by Gasteiger charge is 2.18. The first-order chi connectivity index (χ1) is 28.2. The predicted molar refractivity (Wildman–Crippen MR) is 230 cm³/mol. The van der Waals surface area contributed by atoms with Gasteiger partial charge in [0.05, 0.1) is 16.7 Å². The molecule has 0 unspecified atom stereocenters. The van der Waals surface area contributed by atoms with Crippen LogP contribution in [0.1, 0.15) is 0 Å². The lowest BCUT2D eigenvalue weighted by molar-refractivity contribution is 0.669. The summed E-state index contributed by atoms with van der Waals surface area (Å²) in [5, 5.41) is 4.21. The molecule has 0 atom stereocenters. The monoisotopic (exact) mass is 729 g/mol. The minimum Gasteiger partial charge on any atom is -0.456 e. The fourth-order valence-electron chi connectivity index (χ4n) is 7.75. The van der Waals surface area contributed by atoms with Gasteiger partial charge < -0.3 is 4.42 Å². The van der Waals surface area contributed by atoms with Gasteiger partial charge in [0.1, 0.15) is 11.2 Å². The zero-order valence-corrected chi connectivity index (χ0v) is 30.5. The van der Waals surface area contributed by atoms with E-state index in [1.54, 1.807) is 0 Å². The van der Waals surface area contributed by atoms with Crippen LogP contribution in [0.3, 0.4) is 0 Å². The highest BCUT2D eigenvalue weighted by molar-refractivity contribution is 6.09. The summed E-state index contributed by atoms with van der Waals surface area (Å²) in [5.41, 5.74) is 12.0. The first kappa shape index (κ1) is 32.6. The van der Waals surface area contributed by atoms with Crippen LogP contribution in [0.5, 0.6) is 0 Å². The van der Waals surface area contributed by atoms with Crippen LogP contribution in [-0.2, 0) is 0 Å². The van der Waals surface area contributed by atoms with E-state index in [9.17, 15) is 0 Å². The maximum Gasteiger partial charge on any atom is 0.164 e. The second-order valence-electron chi connectivity index (χ2n) is 14.1. The van der Waals surface area contributed by atoms with Gasteiger partial charge in [0.15, 0.2) is 17.5 Å². The van der Waals surface area contributed by atoms with Crippen molar-refractivity contribution >= 4 is 43.7 Å². The van der Waals surface area contributed by atoms with E-state index in [4.69, 9.17) is 29.3 Å². The standard InChI is InChI=1S/C51H31N5O/c1-4-13-32(14-5-1)42-31-44(53-48-41(42)24-22-33-19-12-26-52-47(33)48)38-27-37(36-23-25-46-43(30-36)40-20-10-11-21-45(40)57-46)28-39(29-38)51-55-49(34-15-6-2-7-16-34)54-50(56-51)35-17-8-3-9-18-35/h1-31H. The molecule has 0 fully saturated rings. The average molecular weight is 730 g/mol. The molecule has 4 aromatic heterocycles. The lowest BCUT2D eigenvalue weighted by Crippen LogP contribution is -2.00. The largest absolute Gasteiger partial charge is 0.456 e. The molecule has 0 spiro atoms. The van der Waals surface area contributed by atoms with E-state index in [2.05, 4.69) is 91.0 Å². The van der Waals surface area contributed by atoms with Crippen molar-refractivity contribution < 1.29 is 4.42 Å². The molecule has 0 aliphatic carbocycles. The molecule has 11 aromatic rings. The second kappa shape index (κ2) is 13.5. The van der Waals surface area contributed by atoms with Gasteiger partial charge in [-0.15, -0.1) is 0 Å². The third kappa shape index (κ3) is 5.88. The second-order valence-corrected chi connectivity index (χ2v) is 14.1. The Bertz CT molecular complexity index is 3230. The third-order valence-electron chi connectivity index (χ3n) is 10.5. The number of hydrogen-bond donors (Lipinski definition) is 0. The van der Waals surface area contributed by atoms with Gasteiger partial charge in [-0.05, 0) is 70.8 Å². The van der Waals surface area contributed by atoms with Gasteiger partial charge in [-0.3, -0.25) is 4.98 Å². The Morgan fingerprint density at radius 1 is 0.333 bits per heavy atom. The van der Waals surface area contributed by atoms with Crippen LogP contribution in [-0.4, -0.2) is 24.9 Å². The van der Waals surface area contributed by atoms with Crippen molar-refractivity contribution in [2.75, 3.05) is 0 Å². The van der Waals surface area contributed by atoms with E-state index in [1.165, 1.54) is 0 Å². The Labute approximate surface area is 327 Å². The first-order valence-corrected chi connectivity index (χ1v) is 18.9. The fourth-order valence-corrected chi connectivity index (χ4v) is 7.75. The van der Waals surface area contributed by atoms with Crippen molar-refractivity contribution in [1.29, 1.82) is 0 Å². The number of benzene rings is 7. The fraction of sp³-hybridized carbons (Fsp3) is 0. The van der Waals surface area contributed by atoms with Gasteiger partial charge in [-0.1, -0.05) is 133 Å². The van der Waals surface area contributed by atoms with Crippen LogP contribution in [0.15, 0.2) is 193 Å². The van der Waals surface area contributed by atoms with Gasteiger partial charge in [0.25, 0.3) is 0 Å². The Morgan fingerprint density at radius 2 is 0.947 bits per heavy atom. The van der Waals surface area contributed by atoms with Gasteiger partial charge in [0.2, 0.25) is 0 Å². The van der Waals surface area contributed by atoms with E-state index in [1.807, 2.05) is 97.2 Å². The van der Waals surface area contributed by atoms with E-state index >= 15 is 0 Å². The molecule has 0 saturated heterocycles. The Balaban J connectivity index is 1.19. The molecule has 0 radical (unpaired) electrons. The molecule has 7 aromatic carbocycles. The summed E-state index contributed by atoms with van der Waals surface area (Å²) < 4.78 is 6.23. The average Bonchev–Trinajstić information content (AvgIpc) is 3.67. The lowest BCUT2D eigenvalue weighted by Gasteiger charge is -2.15. The minimum absolute atomic E-state index is 0.567. The van der Waals surface area contributed by atoms with Gasteiger partial charge in [0, 0.05) is 50.0 Å². The Morgan fingerprint density at radius 3 is 1.68 bits per heavy atom. The molecule has 0 aliphatic rings. The van der Waals surface area contributed by atoms with Crippen LogP contribution in [0.2, 0.25) is 0 Å². The van der Waals surface area contributed by atoms with Crippen molar-refractivity contribution in [2.45, 2.75) is 0 Å². The topological polar surface area (TPSA) is 77.6 Å². The summed E-state index contributed by atoms with van der Waals surface area (Å²) >= 11 is 0. The van der Waals surface area contributed by atoms with Crippen LogP contribution < -0.4 is 0 Å². The van der Waals surface area contributed by atoms with Crippen molar-refractivity contribution in [1.82, 2.24) is 24.9 Å². The maximum atomic E-state index is 6.23. The molecule has 11 rings (SSSR count). The number of aromatic nitrogens is 5. The van der Waals surface area contributed by atoms with E-state index in [-0.39, 0.29) is 0 Å². The van der Waals surface area contributed by atoms with Gasteiger partial charge in [-0.25, -0.2) is 19.9 Å². The van der Waals surface area contributed by atoms with E-state index < -0.39 is 0 Å². The maximum absolute atomic E-state index is 6.23. The van der Waals surface area contributed by atoms with Crippen molar-refractivity contribution in [3.63, 3.8) is 0 Å². The molecule has 266 valence electrons. The summed E-state index contributed by atoms with van der Waals surface area (Å²) in [6, 6.07) is 62.2. The Kier molecular flexibility index (Phi) is 7.71. The number of rotatable bonds is 6. The predicted octanol–water partition coefficient (Wildman–Crippen LogP) is 12.9. The van der Waals surface area contributed by atoms with E-state index in [0.29, 0.717) is 17.5 Å². The molecule has 6 heteroatoms. The van der Waals surface area contributed by atoms with Gasteiger partial charge in [-0.2, -0.15) is 0 Å². The Hall–Kier alpha value is -7.83. The summed E-state index contributed by atoms with van der Waals surface area (Å²) in [7, 11) is 0. The molecule has 4 heterocycles. The zero-order chi connectivity index (χ0) is 37.7. The van der Waals surface area contributed by atoms with Crippen LogP contribution in [0.25, 0.3) is 111 Å². The lowest BCUT2D eigenvalue weighted by atomic mass is 9.94. The van der Waals surface area contributed by atoms with Crippen molar-refractivity contribution in [3.8, 4) is 67.7 Å². The van der Waals surface area contributed by atoms with Crippen molar-refractivity contribution in [2.24, 2.45) is 0 Å². The third-order valence-corrected chi connectivity index (χ3v) is 10.5. The molecule has 0 bridgehead atoms. The zero-order valence-electron chi connectivity index (χ0n) is 30.5. The van der Waals surface area contributed by atoms with E-state index in [0.717, 1.165) is 93.9 Å². The highest BCUT2D eigenvalue weighted by Crippen LogP contribution is 2.39. The van der Waals surface area contributed by atoms with Crippen LogP contribution in [0, 0.1) is 0 Å². The van der Waals surface area contributed by atoms with Crippen LogP contribution >= 0.6 is 0 Å². The molecule has 0 amide bonds. The molecular formula is C51H31N5O. The quantitative estimate of drug-likeness (QED) is 0.159. The number of hydrogen-bond acceptors (Lipinski definition) is 6.